The van der Waals surface area contributed by atoms with Crippen LogP contribution in [0.2, 0.25) is 0 Å². The molecule has 2 aliphatic rings. The van der Waals surface area contributed by atoms with Crippen LogP contribution in [0.1, 0.15) is 56.7 Å². The maximum Gasteiger partial charge on any atom is 0.122 e. The molecule has 1 aromatic rings. The molecule has 3 rings (SSSR count). The Bertz CT molecular complexity index is 364. The smallest absolute Gasteiger partial charge is 0.122 e. The second-order valence-electron chi connectivity index (χ2n) is 6.44. The SMILES string of the molecule is c1coc(C(CNCC2CCCCC2)N2CCCC2)c1. The fourth-order valence-corrected chi connectivity index (χ4v) is 3.76. The molecule has 3 nitrogen and oxygen atoms in total. The second kappa shape index (κ2) is 7.28. The number of hydrogen-bond acceptors (Lipinski definition) is 3. The highest BCUT2D eigenvalue weighted by Gasteiger charge is 2.25. The highest BCUT2D eigenvalue weighted by atomic mass is 16.3. The van der Waals surface area contributed by atoms with Gasteiger partial charge in [-0.3, -0.25) is 4.90 Å². The minimum Gasteiger partial charge on any atom is -0.468 e. The molecule has 1 aromatic heterocycles. The monoisotopic (exact) mass is 276 g/mol. The van der Waals surface area contributed by atoms with Gasteiger partial charge in [-0.05, 0) is 63.4 Å². The summed E-state index contributed by atoms with van der Waals surface area (Å²) in [6.07, 6.45) is 11.6. The van der Waals surface area contributed by atoms with Gasteiger partial charge in [0.05, 0.1) is 12.3 Å². The van der Waals surface area contributed by atoms with Gasteiger partial charge in [-0.1, -0.05) is 19.3 Å². The van der Waals surface area contributed by atoms with Crippen LogP contribution in [0.5, 0.6) is 0 Å². The van der Waals surface area contributed by atoms with Gasteiger partial charge in [-0.25, -0.2) is 0 Å². The Labute approximate surface area is 122 Å². The fourth-order valence-electron chi connectivity index (χ4n) is 3.76. The maximum atomic E-state index is 5.67. The van der Waals surface area contributed by atoms with Crippen molar-refractivity contribution >= 4 is 0 Å². The number of nitrogens with zero attached hydrogens (tertiary/aromatic N) is 1. The van der Waals surface area contributed by atoms with E-state index in [-0.39, 0.29) is 0 Å². The molecule has 3 heteroatoms. The molecule has 0 amide bonds. The normalized spacial score (nSPS) is 23.2. The third-order valence-corrected chi connectivity index (χ3v) is 4.95. The summed E-state index contributed by atoms with van der Waals surface area (Å²) in [5, 5.41) is 3.72. The molecule has 0 spiro atoms. The number of rotatable bonds is 6. The van der Waals surface area contributed by atoms with Gasteiger partial charge in [-0.2, -0.15) is 0 Å². The fraction of sp³-hybridized carbons (Fsp3) is 0.765. The summed E-state index contributed by atoms with van der Waals surface area (Å²) >= 11 is 0. The Kier molecular flexibility index (Phi) is 5.15. The van der Waals surface area contributed by atoms with Gasteiger partial charge in [-0.15, -0.1) is 0 Å². The number of nitrogens with one attached hydrogen (secondary N) is 1. The van der Waals surface area contributed by atoms with E-state index in [1.165, 1.54) is 64.6 Å². The number of likely N-dealkylation sites (tertiary alicyclic amines) is 1. The molecule has 1 atom stereocenters. The molecule has 20 heavy (non-hydrogen) atoms. The third-order valence-electron chi connectivity index (χ3n) is 4.95. The average Bonchev–Trinajstić information content (AvgIpc) is 3.18. The summed E-state index contributed by atoms with van der Waals surface area (Å²) in [7, 11) is 0. The second-order valence-corrected chi connectivity index (χ2v) is 6.44. The first-order valence-electron chi connectivity index (χ1n) is 8.41. The van der Waals surface area contributed by atoms with E-state index in [0.717, 1.165) is 18.2 Å². The van der Waals surface area contributed by atoms with E-state index in [0.29, 0.717) is 6.04 Å². The lowest BCUT2D eigenvalue weighted by atomic mass is 9.89. The van der Waals surface area contributed by atoms with Gasteiger partial charge in [0.1, 0.15) is 5.76 Å². The first-order valence-corrected chi connectivity index (χ1v) is 8.41. The summed E-state index contributed by atoms with van der Waals surface area (Å²) in [5.41, 5.74) is 0. The zero-order valence-electron chi connectivity index (χ0n) is 12.5. The van der Waals surface area contributed by atoms with E-state index in [1.807, 2.05) is 6.07 Å². The Morgan fingerprint density at radius 2 is 1.95 bits per heavy atom. The lowest BCUT2D eigenvalue weighted by Gasteiger charge is -2.28. The minimum absolute atomic E-state index is 0.427. The predicted octanol–water partition coefficient (Wildman–Crippen LogP) is 3.59. The van der Waals surface area contributed by atoms with E-state index in [4.69, 9.17) is 4.42 Å². The lowest BCUT2D eigenvalue weighted by molar-refractivity contribution is 0.204. The van der Waals surface area contributed by atoms with Gasteiger partial charge in [0.25, 0.3) is 0 Å². The largest absolute Gasteiger partial charge is 0.468 e. The van der Waals surface area contributed by atoms with Crippen molar-refractivity contribution in [3.8, 4) is 0 Å². The van der Waals surface area contributed by atoms with E-state index >= 15 is 0 Å². The molecule has 1 saturated heterocycles. The van der Waals surface area contributed by atoms with Crippen molar-refractivity contribution in [2.75, 3.05) is 26.2 Å². The highest BCUT2D eigenvalue weighted by molar-refractivity contribution is 5.06. The highest BCUT2D eigenvalue weighted by Crippen LogP contribution is 2.26. The molecule has 2 fully saturated rings. The molecule has 0 bridgehead atoms. The Balaban J connectivity index is 1.50. The van der Waals surface area contributed by atoms with Gasteiger partial charge in [0.15, 0.2) is 0 Å². The van der Waals surface area contributed by atoms with Gasteiger partial charge in [0, 0.05) is 6.54 Å². The summed E-state index contributed by atoms with van der Waals surface area (Å²) in [4.78, 5) is 2.58. The van der Waals surface area contributed by atoms with Gasteiger partial charge >= 0.3 is 0 Å². The summed E-state index contributed by atoms with van der Waals surface area (Å²) < 4.78 is 5.67. The zero-order valence-corrected chi connectivity index (χ0v) is 12.5. The van der Waals surface area contributed by atoms with Crippen LogP contribution in [0.3, 0.4) is 0 Å². The Morgan fingerprint density at radius 3 is 2.65 bits per heavy atom. The van der Waals surface area contributed by atoms with Crippen LogP contribution in [-0.2, 0) is 0 Å². The van der Waals surface area contributed by atoms with E-state index in [9.17, 15) is 0 Å². The molecule has 1 aliphatic heterocycles. The van der Waals surface area contributed by atoms with Crippen molar-refractivity contribution in [2.24, 2.45) is 5.92 Å². The number of furan rings is 1. The van der Waals surface area contributed by atoms with Crippen molar-refractivity contribution in [3.05, 3.63) is 24.2 Å². The summed E-state index contributed by atoms with van der Waals surface area (Å²) in [5.74, 6) is 2.03. The van der Waals surface area contributed by atoms with Crippen molar-refractivity contribution < 1.29 is 4.42 Å². The Morgan fingerprint density at radius 1 is 1.15 bits per heavy atom. The standard InChI is InChI=1S/C17H28N2O/c1-2-7-15(8-3-1)13-18-14-16(17-9-6-12-20-17)19-10-4-5-11-19/h6,9,12,15-16,18H,1-5,7-8,10-11,13-14H2. The van der Waals surface area contributed by atoms with Crippen molar-refractivity contribution in [3.63, 3.8) is 0 Å². The van der Waals surface area contributed by atoms with Crippen LogP contribution in [0, 0.1) is 5.92 Å². The molecular weight excluding hydrogens is 248 g/mol. The lowest BCUT2D eigenvalue weighted by Crippen LogP contribution is -2.36. The Hall–Kier alpha value is -0.800. The molecular formula is C17H28N2O. The van der Waals surface area contributed by atoms with Crippen molar-refractivity contribution in [1.29, 1.82) is 0 Å². The van der Waals surface area contributed by atoms with Crippen molar-refractivity contribution in [1.82, 2.24) is 10.2 Å². The molecule has 1 N–H and O–H groups in total. The topological polar surface area (TPSA) is 28.4 Å². The number of hydrogen-bond donors (Lipinski definition) is 1. The predicted molar refractivity (Wildman–Crippen MR) is 81.7 cm³/mol. The maximum absolute atomic E-state index is 5.67. The molecule has 0 radical (unpaired) electrons. The first-order chi connectivity index (χ1) is 9.93. The zero-order chi connectivity index (χ0) is 13.6. The van der Waals surface area contributed by atoms with Crippen LogP contribution in [0.4, 0.5) is 0 Å². The quantitative estimate of drug-likeness (QED) is 0.860. The third kappa shape index (κ3) is 3.64. The average molecular weight is 276 g/mol. The van der Waals surface area contributed by atoms with Crippen LogP contribution < -0.4 is 5.32 Å². The van der Waals surface area contributed by atoms with E-state index in [1.54, 1.807) is 6.26 Å². The van der Waals surface area contributed by atoms with Crippen LogP contribution in [0.25, 0.3) is 0 Å². The van der Waals surface area contributed by atoms with Crippen LogP contribution in [-0.4, -0.2) is 31.1 Å². The molecule has 1 unspecified atom stereocenters. The van der Waals surface area contributed by atoms with Gasteiger partial charge in [0.2, 0.25) is 0 Å². The summed E-state index contributed by atoms with van der Waals surface area (Å²) in [6, 6.07) is 4.57. The minimum atomic E-state index is 0.427. The van der Waals surface area contributed by atoms with E-state index < -0.39 is 0 Å². The summed E-state index contributed by atoms with van der Waals surface area (Å²) in [6.45, 7) is 4.65. The molecule has 1 aliphatic carbocycles. The van der Waals surface area contributed by atoms with Gasteiger partial charge < -0.3 is 9.73 Å². The molecule has 2 heterocycles. The first kappa shape index (κ1) is 14.2. The molecule has 1 saturated carbocycles. The molecule has 0 aromatic carbocycles. The van der Waals surface area contributed by atoms with Crippen LogP contribution >= 0.6 is 0 Å². The van der Waals surface area contributed by atoms with Crippen LogP contribution in [0.15, 0.2) is 22.8 Å². The van der Waals surface area contributed by atoms with E-state index in [2.05, 4.69) is 16.3 Å². The molecule has 112 valence electrons. The van der Waals surface area contributed by atoms with Crippen molar-refractivity contribution in [2.45, 2.75) is 51.0 Å².